The maximum Gasteiger partial charge on any atom is 0.221 e. The largest absolute Gasteiger partial charge is 0.496 e. The smallest absolute Gasteiger partial charge is 0.221 e. The van der Waals surface area contributed by atoms with Gasteiger partial charge in [0.05, 0.1) is 13.0 Å². The van der Waals surface area contributed by atoms with Crippen LogP contribution >= 0.6 is 0 Å². The van der Waals surface area contributed by atoms with Gasteiger partial charge in [0.15, 0.2) is 0 Å². The third-order valence-corrected chi connectivity index (χ3v) is 3.71. The van der Waals surface area contributed by atoms with Crippen molar-refractivity contribution in [2.75, 3.05) is 26.7 Å². The fourth-order valence-electron chi connectivity index (χ4n) is 2.59. The van der Waals surface area contributed by atoms with E-state index in [1.165, 1.54) is 0 Å². The van der Waals surface area contributed by atoms with Crippen LogP contribution in [0.4, 0.5) is 0 Å². The Morgan fingerprint density at radius 2 is 2.30 bits per heavy atom. The fourth-order valence-corrected chi connectivity index (χ4v) is 2.59. The molecule has 1 amide bonds. The van der Waals surface area contributed by atoms with E-state index in [1.807, 2.05) is 24.3 Å². The van der Waals surface area contributed by atoms with Crippen molar-refractivity contribution in [3.63, 3.8) is 0 Å². The second kappa shape index (κ2) is 7.10. The Bertz CT molecular complexity index is 485. The molecule has 0 saturated carbocycles. The van der Waals surface area contributed by atoms with Gasteiger partial charge in [-0.2, -0.15) is 0 Å². The Morgan fingerprint density at radius 1 is 1.50 bits per heavy atom. The normalized spacial score (nSPS) is 20.1. The third-order valence-electron chi connectivity index (χ3n) is 3.71. The molecule has 1 heterocycles. The first kappa shape index (κ1) is 14.6. The maximum absolute atomic E-state index is 11.2. The van der Waals surface area contributed by atoms with Gasteiger partial charge in [-0.05, 0) is 25.5 Å². The van der Waals surface area contributed by atoms with E-state index in [2.05, 4.69) is 17.1 Å². The first-order valence-electron chi connectivity index (χ1n) is 7.02. The molecule has 1 aliphatic rings. The minimum Gasteiger partial charge on any atom is -0.496 e. The minimum atomic E-state index is -0.177. The van der Waals surface area contributed by atoms with E-state index in [-0.39, 0.29) is 11.8 Å². The Hall–Kier alpha value is -1.81. The molecule has 0 spiro atoms. The lowest BCUT2D eigenvalue weighted by molar-refractivity contribution is -0.123. The van der Waals surface area contributed by atoms with Crippen LogP contribution < -0.4 is 10.5 Å². The molecule has 0 aliphatic carbocycles. The zero-order valence-electron chi connectivity index (χ0n) is 11.9. The van der Waals surface area contributed by atoms with Crippen LogP contribution in [0.3, 0.4) is 0 Å². The van der Waals surface area contributed by atoms with Crippen LogP contribution in [-0.4, -0.2) is 37.6 Å². The predicted octanol–water partition coefficient (Wildman–Crippen LogP) is 1.91. The Balaban J connectivity index is 1.91. The first-order chi connectivity index (χ1) is 9.70. The maximum atomic E-state index is 11.2. The summed E-state index contributed by atoms with van der Waals surface area (Å²) < 4.78 is 5.31. The van der Waals surface area contributed by atoms with Crippen molar-refractivity contribution < 1.29 is 9.53 Å². The average molecular weight is 274 g/mol. The molecule has 2 N–H and O–H groups in total. The van der Waals surface area contributed by atoms with Gasteiger partial charge in [0.2, 0.25) is 5.91 Å². The van der Waals surface area contributed by atoms with Gasteiger partial charge in [0.1, 0.15) is 5.75 Å². The van der Waals surface area contributed by atoms with Crippen LogP contribution in [-0.2, 0) is 4.79 Å². The van der Waals surface area contributed by atoms with Crippen molar-refractivity contribution in [2.45, 2.75) is 12.8 Å². The number of primary amides is 1. The summed E-state index contributed by atoms with van der Waals surface area (Å²) in [4.78, 5) is 13.5. The number of piperidine rings is 1. The number of carbonyl (C=O) groups excluding carboxylic acids is 1. The summed E-state index contributed by atoms with van der Waals surface area (Å²) in [5, 5.41) is 0. The molecule has 4 heteroatoms. The number of hydrogen-bond acceptors (Lipinski definition) is 3. The molecular formula is C16H22N2O2. The van der Waals surface area contributed by atoms with Crippen LogP contribution in [0.25, 0.3) is 6.08 Å². The topological polar surface area (TPSA) is 55.6 Å². The van der Waals surface area contributed by atoms with Crippen LogP contribution in [0.2, 0.25) is 0 Å². The standard InChI is InChI=1S/C16H22N2O2/c1-20-15-9-3-2-6-13(15)7-4-10-18-11-5-8-14(12-18)16(17)19/h2-4,6-7,9,14H,5,8,10-12H2,1H3,(H2,17,19)/b7-4+. The van der Waals surface area contributed by atoms with Gasteiger partial charge >= 0.3 is 0 Å². The number of nitrogens with two attached hydrogens (primary N) is 1. The average Bonchev–Trinajstić information content (AvgIpc) is 2.48. The molecule has 1 aromatic carbocycles. The van der Waals surface area contributed by atoms with Crippen molar-refractivity contribution in [1.29, 1.82) is 0 Å². The summed E-state index contributed by atoms with van der Waals surface area (Å²) in [6.07, 6.45) is 6.13. The number of hydrogen-bond donors (Lipinski definition) is 1. The number of rotatable bonds is 5. The summed E-state index contributed by atoms with van der Waals surface area (Å²) in [7, 11) is 1.68. The lowest BCUT2D eigenvalue weighted by atomic mass is 9.97. The van der Waals surface area contributed by atoms with Crippen molar-refractivity contribution in [2.24, 2.45) is 11.7 Å². The highest BCUT2D eigenvalue weighted by Crippen LogP contribution is 2.19. The van der Waals surface area contributed by atoms with Crippen LogP contribution in [0.5, 0.6) is 5.75 Å². The van der Waals surface area contributed by atoms with Crippen molar-refractivity contribution in [1.82, 2.24) is 4.90 Å². The molecular weight excluding hydrogens is 252 g/mol. The summed E-state index contributed by atoms with van der Waals surface area (Å²) in [6, 6.07) is 7.92. The highest BCUT2D eigenvalue weighted by Gasteiger charge is 2.22. The molecule has 1 atom stereocenters. The van der Waals surface area contributed by atoms with Crippen LogP contribution in [0.15, 0.2) is 30.3 Å². The predicted molar refractivity (Wildman–Crippen MR) is 80.4 cm³/mol. The van der Waals surface area contributed by atoms with Crippen molar-refractivity contribution >= 4 is 12.0 Å². The summed E-state index contributed by atoms with van der Waals surface area (Å²) in [5.41, 5.74) is 6.45. The first-order valence-corrected chi connectivity index (χ1v) is 7.02. The molecule has 1 aliphatic heterocycles. The summed E-state index contributed by atoms with van der Waals surface area (Å²) >= 11 is 0. The Labute approximate surface area is 120 Å². The number of benzene rings is 1. The highest BCUT2D eigenvalue weighted by atomic mass is 16.5. The van der Waals surface area contributed by atoms with Crippen molar-refractivity contribution in [3.05, 3.63) is 35.9 Å². The fraction of sp³-hybridized carbons (Fsp3) is 0.438. The number of para-hydroxylation sites is 1. The molecule has 2 rings (SSSR count). The quantitative estimate of drug-likeness (QED) is 0.892. The number of carbonyl (C=O) groups is 1. The third kappa shape index (κ3) is 3.84. The van der Waals surface area contributed by atoms with E-state index in [1.54, 1.807) is 7.11 Å². The highest BCUT2D eigenvalue weighted by molar-refractivity contribution is 5.76. The lowest BCUT2D eigenvalue weighted by Gasteiger charge is -2.30. The zero-order valence-corrected chi connectivity index (χ0v) is 11.9. The number of methoxy groups -OCH3 is 1. The molecule has 1 unspecified atom stereocenters. The van der Waals surface area contributed by atoms with Crippen LogP contribution in [0, 0.1) is 5.92 Å². The van der Waals surface area contributed by atoms with Gasteiger partial charge in [-0.3, -0.25) is 9.69 Å². The Morgan fingerprint density at radius 3 is 3.05 bits per heavy atom. The minimum absolute atomic E-state index is 0.00316. The van der Waals surface area contributed by atoms with Gasteiger partial charge in [-0.15, -0.1) is 0 Å². The zero-order chi connectivity index (χ0) is 14.4. The molecule has 1 aromatic rings. The molecule has 0 aromatic heterocycles. The molecule has 0 radical (unpaired) electrons. The van der Waals surface area contributed by atoms with E-state index in [9.17, 15) is 4.79 Å². The number of nitrogens with zero attached hydrogens (tertiary/aromatic N) is 1. The molecule has 20 heavy (non-hydrogen) atoms. The summed E-state index contributed by atoms with van der Waals surface area (Å²) in [6.45, 7) is 2.63. The molecule has 1 saturated heterocycles. The van der Waals surface area contributed by atoms with Gasteiger partial charge in [-0.25, -0.2) is 0 Å². The molecule has 1 fully saturated rings. The molecule has 108 valence electrons. The van der Waals surface area contributed by atoms with Gasteiger partial charge < -0.3 is 10.5 Å². The molecule has 4 nitrogen and oxygen atoms in total. The number of likely N-dealkylation sites (tertiary alicyclic amines) is 1. The van der Waals surface area contributed by atoms with E-state index in [4.69, 9.17) is 10.5 Å². The van der Waals surface area contributed by atoms with E-state index >= 15 is 0 Å². The molecule has 0 bridgehead atoms. The monoisotopic (exact) mass is 274 g/mol. The van der Waals surface area contributed by atoms with E-state index in [0.717, 1.165) is 43.8 Å². The SMILES string of the molecule is COc1ccccc1/C=C/CN1CCCC(C(N)=O)C1. The van der Waals surface area contributed by atoms with Gasteiger partial charge in [-0.1, -0.05) is 30.4 Å². The number of amides is 1. The lowest BCUT2D eigenvalue weighted by Crippen LogP contribution is -2.41. The van der Waals surface area contributed by atoms with Gasteiger partial charge in [0, 0.05) is 18.7 Å². The van der Waals surface area contributed by atoms with E-state index < -0.39 is 0 Å². The summed E-state index contributed by atoms with van der Waals surface area (Å²) in [5.74, 6) is 0.698. The Kier molecular flexibility index (Phi) is 5.18. The second-order valence-corrected chi connectivity index (χ2v) is 5.15. The van der Waals surface area contributed by atoms with Gasteiger partial charge in [0.25, 0.3) is 0 Å². The van der Waals surface area contributed by atoms with E-state index in [0.29, 0.717) is 0 Å². The second-order valence-electron chi connectivity index (χ2n) is 5.15. The van der Waals surface area contributed by atoms with Crippen molar-refractivity contribution in [3.8, 4) is 5.75 Å². The van der Waals surface area contributed by atoms with Crippen LogP contribution in [0.1, 0.15) is 18.4 Å². The number of ether oxygens (including phenoxy) is 1.